The van der Waals surface area contributed by atoms with Gasteiger partial charge in [0.1, 0.15) is 5.75 Å². The summed E-state index contributed by atoms with van der Waals surface area (Å²) < 4.78 is 6.32. The lowest BCUT2D eigenvalue weighted by atomic mass is 10.1. The molecule has 2 aromatic carbocycles. The van der Waals surface area contributed by atoms with E-state index in [-0.39, 0.29) is 0 Å². The van der Waals surface area contributed by atoms with E-state index in [1.54, 1.807) is 7.11 Å². The molecule has 0 atom stereocenters. The van der Waals surface area contributed by atoms with Crippen LogP contribution in [0.15, 0.2) is 40.9 Å². The minimum absolute atomic E-state index is 0.618. The first-order valence-electron chi connectivity index (χ1n) is 5.92. The number of hydrogen-bond acceptors (Lipinski definition) is 2. The number of anilines is 1. The van der Waals surface area contributed by atoms with Gasteiger partial charge in [-0.05, 0) is 36.2 Å². The maximum Gasteiger partial charge on any atom is 0.139 e. The first-order chi connectivity index (χ1) is 9.10. The molecule has 0 aliphatic carbocycles. The molecule has 2 rings (SSSR count). The third-order valence-corrected chi connectivity index (χ3v) is 4.07. The minimum Gasteiger partial charge on any atom is -0.495 e. The lowest BCUT2D eigenvalue weighted by Gasteiger charge is -2.10. The van der Waals surface area contributed by atoms with Crippen molar-refractivity contribution in [3.05, 3.63) is 57.0 Å². The summed E-state index contributed by atoms with van der Waals surface area (Å²) in [6.07, 6.45) is 0. The number of methoxy groups -OCH3 is 1. The van der Waals surface area contributed by atoms with Crippen molar-refractivity contribution < 1.29 is 4.74 Å². The summed E-state index contributed by atoms with van der Waals surface area (Å²) in [5.74, 6) is 0.679. The van der Waals surface area contributed by atoms with E-state index in [1.807, 2.05) is 18.2 Å². The zero-order valence-corrected chi connectivity index (χ0v) is 13.2. The van der Waals surface area contributed by atoms with E-state index in [0.717, 1.165) is 16.7 Å². The van der Waals surface area contributed by atoms with Gasteiger partial charge < -0.3 is 10.1 Å². The van der Waals surface area contributed by atoms with Gasteiger partial charge in [0.05, 0.1) is 12.1 Å². The molecule has 2 aromatic rings. The Morgan fingerprint density at radius 3 is 2.68 bits per heavy atom. The van der Waals surface area contributed by atoms with Crippen LogP contribution in [0.2, 0.25) is 5.02 Å². The molecule has 0 saturated carbocycles. The molecule has 0 bridgehead atoms. The molecule has 0 aliphatic rings. The fraction of sp³-hybridized carbons (Fsp3) is 0.200. The Bertz CT molecular complexity index is 586. The molecule has 0 amide bonds. The van der Waals surface area contributed by atoms with Gasteiger partial charge in [0.25, 0.3) is 0 Å². The summed E-state index contributed by atoms with van der Waals surface area (Å²) in [4.78, 5) is 0. The van der Waals surface area contributed by atoms with Crippen LogP contribution in [0.4, 0.5) is 5.69 Å². The highest BCUT2D eigenvalue weighted by atomic mass is 79.9. The predicted molar refractivity (Wildman–Crippen MR) is 84.2 cm³/mol. The number of hydrogen-bond donors (Lipinski definition) is 1. The van der Waals surface area contributed by atoms with E-state index in [4.69, 9.17) is 16.3 Å². The van der Waals surface area contributed by atoms with Crippen molar-refractivity contribution in [2.24, 2.45) is 0 Å². The minimum atomic E-state index is 0.618. The molecule has 0 saturated heterocycles. The first-order valence-corrected chi connectivity index (χ1v) is 7.09. The van der Waals surface area contributed by atoms with Crippen LogP contribution < -0.4 is 10.1 Å². The van der Waals surface area contributed by atoms with E-state index in [1.165, 1.54) is 11.1 Å². The monoisotopic (exact) mass is 339 g/mol. The smallest absolute Gasteiger partial charge is 0.139 e. The molecule has 4 heteroatoms. The molecule has 0 aliphatic heterocycles. The predicted octanol–water partition coefficient (Wildman–Crippen LogP) is 5.03. The van der Waals surface area contributed by atoms with Crippen molar-refractivity contribution in [3.8, 4) is 5.75 Å². The van der Waals surface area contributed by atoms with Crippen LogP contribution in [0.3, 0.4) is 0 Å². The zero-order valence-electron chi connectivity index (χ0n) is 10.8. The summed E-state index contributed by atoms with van der Waals surface area (Å²) >= 11 is 9.49. The highest BCUT2D eigenvalue weighted by Gasteiger charge is 2.02. The Balaban J connectivity index is 2.07. The first kappa shape index (κ1) is 14.2. The topological polar surface area (TPSA) is 21.3 Å². The molecule has 0 aromatic heterocycles. The van der Waals surface area contributed by atoms with Crippen LogP contribution in [0.5, 0.6) is 5.75 Å². The van der Waals surface area contributed by atoms with Gasteiger partial charge in [0.15, 0.2) is 0 Å². The van der Waals surface area contributed by atoms with Crippen molar-refractivity contribution in [1.29, 1.82) is 0 Å². The van der Waals surface area contributed by atoms with Crippen molar-refractivity contribution in [1.82, 2.24) is 0 Å². The molecular formula is C15H15BrClNO. The largest absolute Gasteiger partial charge is 0.495 e. The van der Waals surface area contributed by atoms with E-state index in [2.05, 4.69) is 46.4 Å². The molecule has 0 spiro atoms. The van der Waals surface area contributed by atoms with E-state index < -0.39 is 0 Å². The molecule has 0 fully saturated rings. The Morgan fingerprint density at radius 1 is 1.21 bits per heavy atom. The van der Waals surface area contributed by atoms with Gasteiger partial charge in [-0.1, -0.05) is 39.7 Å². The molecule has 2 nitrogen and oxygen atoms in total. The van der Waals surface area contributed by atoms with Gasteiger partial charge >= 0.3 is 0 Å². The van der Waals surface area contributed by atoms with Crippen molar-refractivity contribution >= 4 is 33.2 Å². The average molecular weight is 341 g/mol. The Labute approximate surface area is 126 Å². The second kappa shape index (κ2) is 6.31. The molecule has 1 N–H and O–H groups in total. The van der Waals surface area contributed by atoms with Gasteiger partial charge in [-0.15, -0.1) is 0 Å². The number of rotatable bonds is 4. The number of ether oxygens (including phenoxy) is 1. The third-order valence-electron chi connectivity index (χ3n) is 2.87. The van der Waals surface area contributed by atoms with Crippen LogP contribution in [0, 0.1) is 6.92 Å². The fourth-order valence-corrected chi connectivity index (χ4v) is 2.23. The number of benzene rings is 2. The number of halogens is 2. The molecule has 0 radical (unpaired) electrons. The summed E-state index contributed by atoms with van der Waals surface area (Å²) in [7, 11) is 1.61. The second-order valence-corrected chi connectivity index (χ2v) is 5.55. The fourth-order valence-electron chi connectivity index (χ4n) is 1.79. The summed E-state index contributed by atoms with van der Waals surface area (Å²) in [5.41, 5.74) is 3.45. The van der Waals surface area contributed by atoms with Crippen LogP contribution in [-0.2, 0) is 6.54 Å². The lowest BCUT2D eigenvalue weighted by Crippen LogP contribution is -2.00. The standard InChI is InChI=1S/C15H15BrClNO/c1-10-7-11(3-5-13(10)16)9-18-12-4-6-14(17)15(8-12)19-2/h3-8,18H,9H2,1-2H3. The number of aryl methyl sites for hydroxylation is 1. The van der Waals surface area contributed by atoms with Gasteiger partial charge in [-0.3, -0.25) is 0 Å². The SMILES string of the molecule is COc1cc(NCc2ccc(Br)c(C)c2)ccc1Cl. The Hall–Kier alpha value is -1.19. The zero-order chi connectivity index (χ0) is 13.8. The lowest BCUT2D eigenvalue weighted by molar-refractivity contribution is 0.415. The summed E-state index contributed by atoms with van der Waals surface area (Å²) in [6.45, 7) is 2.85. The maximum absolute atomic E-state index is 5.99. The van der Waals surface area contributed by atoms with Crippen LogP contribution in [-0.4, -0.2) is 7.11 Å². The normalized spacial score (nSPS) is 10.3. The van der Waals surface area contributed by atoms with Gasteiger partial charge in [0, 0.05) is 22.8 Å². The van der Waals surface area contributed by atoms with E-state index in [0.29, 0.717) is 10.8 Å². The average Bonchev–Trinajstić information content (AvgIpc) is 2.41. The van der Waals surface area contributed by atoms with Crippen LogP contribution >= 0.6 is 27.5 Å². The van der Waals surface area contributed by atoms with Crippen molar-refractivity contribution in [2.75, 3.05) is 12.4 Å². The molecular weight excluding hydrogens is 326 g/mol. The Morgan fingerprint density at radius 2 is 2.00 bits per heavy atom. The second-order valence-electron chi connectivity index (χ2n) is 4.29. The summed E-state index contributed by atoms with van der Waals surface area (Å²) in [6, 6.07) is 12.0. The van der Waals surface area contributed by atoms with Gasteiger partial charge in [-0.25, -0.2) is 0 Å². The number of nitrogens with one attached hydrogen (secondary N) is 1. The molecule has 0 heterocycles. The van der Waals surface area contributed by atoms with E-state index >= 15 is 0 Å². The summed E-state index contributed by atoms with van der Waals surface area (Å²) in [5, 5.41) is 3.97. The maximum atomic E-state index is 5.99. The molecule has 100 valence electrons. The Kier molecular flexibility index (Phi) is 4.72. The van der Waals surface area contributed by atoms with E-state index in [9.17, 15) is 0 Å². The third kappa shape index (κ3) is 3.64. The van der Waals surface area contributed by atoms with Crippen molar-refractivity contribution in [3.63, 3.8) is 0 Å². The van der Waals surface area contributed by atoms with Gasteiger partial charge in [0.2, 0.25) is 0 Å². The highest BCUT2D eigenvalue weighted by molar-refractivity contribution is 9.10. The van der Waals surface area contributed by atoms with Crippen LogP contribution in [0.1, 0.15) is 11.1 Å². The van der Waals surface area contributed by atoms with Crippen molar-refractivity contribution in [2.45, 2.75) is 13.5 Å². The quantitative estimate of drug-likeness (QED) is 0.842. The van der Waals surface area contributed by atoms with Crippen LogP contribution in [0.25, 0.3) is 0 Å². The molecule has 19 heavy (non-hydrogen) atoms. The molecule has 0 unspecified atom stereocenters. The highest BCUT2D eigenvalue weighted by Crippen LogP contribution is 2.27. The van der Waals surface area contributed by atoms with Gasteiger partial charge in [-0.2, -0.15) is 0 Å².